The van der Waals surface area contributed by atoms with Crippen molar-refractivity contribution in [2.45, 2.75) is 46.5 Å². The van der Waals surface area contributed by atoms with Crippen molar-refractivity contribution in [3.63, 3.8) is 0 Å². The Bertz CT molecular complexity index is 2310. The van der Waals surface area contributed by atoms with Gasteiger partial charge in [-0.1, -0.05) is 131 Å². The molecule has 1 aliphatic rings. The maximum absolute atomic E-state index is 2.56. The van der Waals surface area contributed by atoms with Crippen LogP contribution in [0.15, 0.2) is 127 Å². The average molecular weight is 610 g/mol. The number of para-hydroxylation sites is 3. The molecule has 0 atom stereocenters. The van der Waals surface area contributed by atoms with E-state index >= 15 is 0 Å². The van der Waals surface area contributed by atoms with E-state index in [0.717, 1.165) is 0 Å². The summed E-state index contributed by atoms with van der Waals surface area (Å²) in [5, 5.41) is 0. The van der Waals surface area contributed by atoms with Crippen molar-refractivity contribution in [3.05, 3.63) is 144 Å². The van der Waals surface area contributed by atoms with Gasteiger partial charge < -0.3 is 0 Å². The van der Waals surface area contributed by atoms with Crippen LogP contribution in [0.4, 0.5) is 0 Å². The Morgan fingerprint density at radius 3 is 1.38 bits per heavy atom. The zero-order chi connectivity index (χ0) is 32.4. The minimum atomic E-state index is 0.378. The third-order valence-corrected chi connectivity index (χ3v) is 10.1. The summed E-state index contributed by atoms with van der Waals surface area (Å²) in [4.78, 5) is 0. The fourth-order valence-electron chi connectivity index (χ4n) is 7.87. The largest absolute Gasteiger partial charge is 0.295 e. The van der Waals surface area contributed by atoms with Gasteiger partial charge in [0.1, 0.15) is 5.69 Å². The van der Waals surface area contributed by atoms with Gasteiger partial charge in [0.25, 0.3) is 5.82 Å². The minimum absolute atomic E-state index is 0.378. The van der Waals surface area contributed by atoms with Gasteiger partial charge in [0.15, 0.2) is 11.0 Å². The molecule has 0 spiro atoms. The van der Waals surface area contributed by atoms with Crippen molar-refractivity contribution in [2.75, 3.05) is 0 Å². The van der Waals surface area contributed by atoms with Crippen LogP contribution in [0.1, 0.15) is 56.2 Å². The summed E-state index contributed by atoms with van der Waals surface area (Å²) in [5.41, 5.74) is 19.2. The second kappa shape index (κ2) is 11.2. The molecule has 47 heavy (non-hydrogen) atoms. The molecule has 7 aromatic rings. The molecular weight excluding hydrogens is 569 g/mol. The van der Waals surface area contributed by atoms with Crippen molar-refractivity contribution in [2.24, 2.45) is 7.05 Å². The first kappa shape index (κ1) is 29.2. The van der Waals surface area contributed by atoms with Gasteiger partial charge in [-0.2, -0.15) is 4.57 Å². The molecule has 0 aliphatic heterocycles. The Kier molecular flexibility index (Phi) is 6.99. The van der Waals surface area contributed by atoms with Crippen molar-refractivity contribution in [1.29, 1.82) is 0 Å². The molecule has 0 unspecified atom stereocenters. The molecule has 230 valence electrons. The third kappa shape index (κ3) is 4.50. The average Bonchev–Trinajstić information content (AvgIpc) is 3.38. The molecular formula is C45H41N2+. The highest BCUT2D eigenvalue weighted by Crippen LogP contribution is 2.49. The number of aromatic nitrogens is 2. The summed E-state index contributed by atoms with van der Waals surface area (Å²) in [7, 11) is 2.23. The topological polar surface area (TPSA) is 8.81 Å². The molecule has 0 saturated heterocycles. The number of imidazole rings is 1. The molecule has 0 radical (unpaired) electrons. The van der Waals surface area contributed by atoms with Gasteiger partial charge in [0, 0.05) is 11.1 Å². The third-order valence-electron chi connectivity index (χ3n) is 10.1. The molecule has 0 N–H and O–H groups in total. The Hall–Kier alpha value is -5.21. The first-order valence-electron chi connectivity index (χ1n) is 16.9. The van der Waals surface area contributed by atoms with E-state index in [0.29, 0.717) is 11.8 Å². The number of hydrogen-bond donors (Lipinski definition) is 0. The molecule has 0 bridgehead atoms. The van der Waals surface area contributed by atoms with Crippen LogP contribution < -0.4 is 4.57 Å². The van der Waals surface area contributed by atoms with Crippen molar-refractivity contribution >= 4 is 11.0 Å². The molecule has 0 fully saturated rings. The lowest BCUT2D eigenvalue weighted by Crippen LogP contribution is -2.30. The smallest absolute Gasteiger partial charge is 0.225 e. The predicted octanol–water partition coefficient (Wildman–Crippen LogP) is 11.7. The van der Waals surface area contributed by atoms with Crippen LogP contribution in [0.3, 0.4) is 0 Å². The van der Waals surface area contributed by atoms with Crippen molar-refractivity contribution in [1.82, 2.24) is 4.57 Å². The van der Waals surface area contributed by atoms with Gasteiger partial charge in [0.2, 0.25) is 0 Å². The molecule has 0 amide bonds. The van der Waals surface area contributed by atoms with E-state index in [1.54, 1.807) is 0 Å². The summed E-state index contributed by atoms with van der Waals surface area (Å²) < 4.78 is 4.97. The Morgan fingerprint density at radius 1 is 0.468 bits per heavy atom. The lowest BCUT2D eigenvalue weighted by molar-refractivity contribution is -0.633. The van der Waals surface area contributed by atoms with E-state index in [-0.39, 0.29) is 0 Å². The molecule has 1 aromatic heterocycles. The standard InChI is InChI=1S/C45H41N2/c1-28(2)31-22-15-23-32(29(3)4)44(31)47-43-25-14-13-24-42(43)46(6)45(47)39-27-41-38-21-12-10-19-36(38)34-17-8-7-16-33(34)35-18-9-11-20-37(35)40(41)26-30(39)5/h7-29H,1-6H3/q+1. The summed E-state index contributed by atoms with van der Waals surface area (Å²) >= 11 is 0. The van der Waals surface area contributed by atoms with Gasteiger partial charge in [-0.25, -0.2) is 4.57 Å². The van der Waals surface area contributed by atoms with Gasteiger partial charge in [-0.05, 0) is 93.1 Å². The summed E-state index contributed by atoms with van der Waals surface area (Å²) in [6.07, 6.45) is 0. The normalized spacial score (nSPS) is 12.0. The predicted molar refractivity (Wildman–Crippen MR) is 198 cm³/mol. The van der Waals surface area contributed by atoms with Crippen LogP contribution in [0.5, 0.6) is 0 Å². The Labute approximate surface area is 278 Å². The molecule has 2 nitrogen and oxygen atoms in total. The molecule has 0 saturated carbocycles. The summed E-state index contributed by atoms with van der Waals surface area (Å²) in [6.45, 7) is 11.6. The minimum Gasteiger partial charge on any atom is -0.225 e. The van der Waals surface area contributed by atoms with E-state index in [1.807, 2.05) is 0 Å². The Morgan fingerprint density at radius 2 is 0.894 bits per heavy atom. The number of benzene rings is 6. The maximum Gasteiger partial charge on any atom is 0.295 e. The van der Waals surface area contributed by atoms with Gasteiger partial charge >= 0.3 is 0 Å². The molecule has 1 heterocycles. The highest BCUT2D eigenvalue weighted by atomic mass is 15.2. The monoisotopic (exact) mass is 609 g/mol. The first-order valence-corrected chi connectivity index (χ1v) is 16.9. The number of nitrogens with zero attached hydrogens (tertiary/aromatic N) is 2. The van der Waals surface area contributed by atoms with Crippen molar-refractivity contribution < 1.29 is 4.57 Å². The zero-order valence-electron chi connectivity index (χ0n) is 28.2. The van der Waals surface area contributed by atoms with E-state index < -0.39 is 0 Å². The molecule has 1 aliphatic carbocycles. The second-order valence-corrected chi connectivity index (χ2v) is 13.7. The fraction of sp³-hybridized carbons (Fsp3) is 0.178. The summed E-state index contributed by atoms with van der Waals surface area (Å²) in [5.74, 6) is 1.96. The van der Waals surface area contributed by atoms with Gasteiger partial charge in [-0.15, -0.1) is 0 Å². The Balaban J connectivity index is 1.51. The van der Waals surface area contributed by atoms with E-state index in [9.17, 15) is 0 Å². The van der Waals surface area contributed by atoms with Gasteiger partial charge in [0.05, 0.1) is 12.6 Å². The molecule has 2 heteroatoms. The van der Waals surface area contributed by atoms with Crippen LogP contribution in [0.25, 0.3) is 72.6 Å². The van der Waals surface area contributed by atoms with Crippen LogP contribution in [-0.4, -0.2) is 4.57 Å². The lowest BCUT2D eigenvalue weighted by atomic mass is 9.79. The maximum atomic E-state index is 2.56. The van der Waals surface area contributed by atoms with E-state index in [1.165, 1.54) is 89.3 Å². The summed E-state index contributed by atoms with van der Waals surface area (Å²) in [6, 6.07) is 47.4. The van der Waals surface area contributed by atoms with E-state index in [4.69, 9.17) is 0 Å². The lowest BCUT2D eigenvalue weighted by Gasteiger charge is -2.24. The number of aryl methyl sites for hydroxylation is 2. The van der Waals surface area contributed by atoms with Crippen LogP contribution in [-0.2, 0) is 7.05 Å². The molecule has 8 rings (SSSR count). The fourth-order valence-corrected chi connectivity index (χ4v) is 7.87. The number of fused-ring (bicyclic) bond motifs is 9. The van der Waals surface area contributed by atoms with Crippen LogP contribution in [0, 0.1) is 6.92 Å². The second-order valence-electron chi connectivity index (χ2n) is 13.7. The number of hydrogen-bond acceptors (Lipinski definition) is 0. The SMILES string of the molecule is Cc1cc2c(cc1-c1n(-c3c(C(C)C)cccc3C(C)C)c3ccccc3[n+]1C)-c1ccccc1-c1ccccc1-c1ccccc1-2. The quantitative estimate of drug-likeness (QED) is 0.176. The van der Waals surface area contributed by atoms with E-state index in [2.05, 4.69) is 178 Å². The number of rotatable bonds is 4. The molecule has 6 aromatic carbocycles. The first-order chi connectivity index (χ1) is 22.8. The zero-order valence-corrected chi connectivity index (χ0v) is 28.2. The van der Waals surface area contributed by atoms with Crippen LogP contribution in [0.2, 0.25) is 0 Å². The van der Waals surface area contributed by atoms with Gasteiger partial charge in [-0.3, -0.25) is 0 Å². The highest BCUT2D eigenvalue weighted by molar-refractivity contribution is 6.04. The van der Waals surface area contributed by atoms with Crippen molar-refractivity contribution in [3.8, 4) is 61.6 Å². The highest BCUT2D eigenvalue weighted by Gasteiger charge is 2.32. The van der Waals surface area contributed by atoms with Crippen LogP contribution >= 0.6 is 0 Å².